The molecule has 0 aliphatic rings. The van der Waals surface area contributed by atoms with E-state index in [1.807, 2.05) is 50.2 Å². The van der Waals surface area contributed by atoms with Gasteiger partial charge in [-0.15, -0.1) is 0 Å². The number of benzene rings is 2. The second-order valence-corrected chi connectivity index (χ2v) is 5.04. The molecule has 4 nitrogen and oxygen atoms in total. The van der Waals surface area contributed by atoms with Gasteiger partial charge in [-0.1, -0.05) is 29.8 Å². The SMILES string of the molecule is CCOc1ccc(/C=C(/C=O)NC(=O)c2ccc(C)cc2)cc1. The number of carbonyl (C=O) groups is 2. The zero-order chi connectivity index (χ0) is 16.7. The number of amides is 1. The van der Waals surface area contributed by atoms with E-state index in [-0.39, 0.29) is 11.6 Å². The van der Waals surface area contributed by atoms with Crippen LogP contribution in [0.1, 0.15) is 28.4 Å². The summed E-state index contributed by atoms with van der Waals surface area (Å²) >= 11 is 0. The largest absolute Gasteiger partial charge is 0.494 e. The molecule has 0 saturated carbocycles. The van der Waals surface area contributed by atoms with Gasteiger partial charge in [0.25, 0.3) is 5.91 Å². The minimum Gasteiger partial charge on any atom is -0.494 e. The second kappa shape index (κ2) is 7.94. The van der Waals surface area contributed by atoms with E-state index in [2.05, 4.69) is 5.32 Å². The molecule has 0 saturated heterocycles. The zero-order valence-electron chi connectivity index (χ0n) is 13.2. The van der Waals surface area contributed by atoms with Crippen molar-refractivity contribution in [1.29, 1.82) is 0 Å². The molecule has 118 valence electrons. The van der Waals surface area contributed by atoms with Crippen LogP contribution in [-0.2, 0) is 4.79 Å². The molecule has 0 heterocycles. The first-order valence-electron chi connectivity index (χ1n) is 7.40. The number of ether oxygens (including phenoxy) is 1. The Kier molecular flexibility index (Phi) is 5.69. The van der Waals surface area contributed by atoms with Crippen molar-refractivity contribution in [3.8, 4) is 5.75 Å². The fraction of sp³-hybridized carbons (Fsp3) is 0.158. The summed E-state index contributed by atoms with van der Waals surface area (Å²) in [5, 5.41) is 2.61. The fourth-order valence-electron chi connectivity index (χ4n) is 2.01. The van der Waals surface area contributed by atoms with Gasteiger partial charge in [-0.05, 0) is 49.8 Å². The van der Waals surface area contributed by atoms with Gasteiger partial charge in [0.05, 0.1) is 12.3 Å². The standard InChI is InChI=1S/C19H19NO3/c1-3-23-18-10-6-15(7-11-18)12-17(13-21)20-19(22)16-8-4-14(2)5-9-16/h4-13H,3H2,1-2H3,(H,20,22)/b17-12-. The lowest BCUT2D eigenvalue weighted by molar-refractivity contribution is -0.105. The van der Waals surface area contributed by atoms with Crippen LogP contribution in [0.15, 0.2) is 54.2 Å². The lowest BCUT2D eigenvalue weighted by atomic mass is 10.1. The van der Waals surface area contributed by atoms with Crippen LogP contribution in [0.5, 0.6) is 5.75 Å². The highest BCUT2D eigenvalue weighted by Gasteiger charge is 2.07. The molecule has 0 unspecified atom stereocenters. The normalized spacial score (nSPS) is 11.0. The topological polar surface area (TPSA) is 55.4 Å². The Morgan fingerprint density at radius 2 is 1.74 bits per heavy atom. The predicted octanol–water partition coefficient (Wildman–Crippen LogP) is 3.36. The Labute approximate surface area is 135 Å². The fourth-order valence-corrected chi connectivity index (χ4v) is 2.01. The number of hydrogen-bond donors (Lipinski definition) is 1. The number of aldehydes is 1. The quantitative estimate of drug-likeness (QED) is 0.657. The van der Waals surface area contributed by atoms with Crippen molar-refractivity contribution in [2.24, 2.45) is 0 Å². The van der Waals surface area contributed by atoms with Crippen LogP contribution in [0, 0.1) is 6.92 Å². The highest BCUT2D eigenvalue weighted by atomic mass is 16.5. The molecule has 2 aromatic carbocycles. The molecule has 0 fully saturated rings. The molecule has 0 spiro atoms. The van der Waals surface area contributed by atoms with Crippen molar-refractivity contribution in [2.75, 3.05) is 6.61 Å². The molecule has 0 bridgehead atoms. The van der Waals surface area contributed by atoms with Gasteiger partial charge in [-0.25, -0.2) is 0 Å². The Bertz CT molecular complexity index is 700. The lowest BCUT2D eigenvalue weighted by Gasteiger charge is -2.06. The molecular formula is C19H19NO3. The number of aryl methyl sites for hydroxylation is 1. The molecule has 0 aliphatic heterocycles. The second-order valence-electron chi connectivity index (χ2n) is 5.04. The van der Waals surface area contributed by atoms with Crippen molar-refractivity contribution in [2.45, 2.75) is 13.8 Å². The van der Waals surface area contributed by atoms with Gasteiger partial charge in [0, 0.05) is 5.56 Å². The van der Waals surface area contributed by atoms with Crippen LogP contribution in [0.25, 0.3) is 6.08 Å². The van der Waals surface area contributed by atoms with Crippen LogP contribution in [0.3, 0.4) is 0 Å². The molecule has 2 rings (SSSR count). The smallest absolute Gasteiger partial charge is 0.255 e. The Morgan fingerprint density at radius 1 is 1.09 bits per heavy atom. The number of nitrogens with one attached hydrogen (secondary N) is 1. The van der Waals surface area contributed by atoms with Crippen molar-refractivity contribution in [3.05, 3.63) is 70.9 Å². The molecule has 1 amide bonds. The average Bonchev–Trinajstić information content (AvgIpc) is 2.56. The van der Waals surface area contributed by atoms with Crippen LogP contribution in [0.4, 0.5) is 0 Å². The predicted molar refractivity (Wildman–Crippen MR) is 90.3 cm³/mol. The monoisotopic (exact) mass is 309 g/mol. The van der Waals surface area contributed by atoms with Gasteiger partial charge in [0.15, 0.2) is 6.29 Å². The van der Waals surface area contributed by atoms with E-state index in [0.29, 0.717) is 18.5 Å². The summed E-state index contributed by atoms with van der Waals surface area (Å²) in [6.07, 6.45) is 2.25. The maximum absolute atomic E-state index is 12.1. The van der Waals surface area contributed by atoms with Gasteiger partial charge < -0.3 is 10.1 Å². The summed E-state index contributed by atoms with van der Waals surface area (Å²) in [5.74, 6) is 0.454. The Hall–Kier alpha value is -2.88. The van der Waals surface area contributed by atoms with Crippen molar-refractivity contribution >= 4 is 18.3 Å². The average molecular weight is 309 g/mol. The molecule has 23 heavy (non-hydrogen) atoms. The summed E-state index contributed by atoms with van der Waals surface area (Å²) in [6, 6.07) is 14.4. The molecule has 0 radical (unpaired) electrons. The molecule has 2 aromatic rings. The maximum atomic E-state index is 12.1. The minimum atomic E-state index is -0.311. The highest BCUT2D eigenvalue weighted by molar-refractivity contribution is 5.99. The molecule has 0 atom stereocenters. The molecule has 0 aromatic heterocycles. The van der Waals surface area contributed by atoms with Gasteiger partial charge in [-0.2, -0.15) is 0 Å². The van der Waals surface area contributed by atoms with Crippen LogP contribution >= 0.6 is 0 Å². The minimum absolute atomic E-state index is 0.208. The molecule has 4 heteroatoms. The van der Waals surface area contributed by atoms with E-state index in [4.69, 9.17) is 4.74 Å². The van der Waals surface area contributed by atoms with Gasteiger partial charge >= 0.3 is 0 Å². The van der Waals surface area contributed by atoms with Gasteiger partial charge in [0.2, 0.25) is 0 Å². The van der Waals surface area contributed by atoms with Crippen LogP contribution in [0.2, 0.25) is 0 Å². The molecule has 0 aliphatic carbocycles. The van der Waals surface area contributed by atoms with Crippen molar-refractivity contribution in [3.63, 3.8) is 0 Å². The third kappa shape index (κ3) is 4.81. The van der Waals surface area contributed by atoms with Gasteiger partial charge in [-0.3, -0.25) is 9.59 Å². The summed E-state index contributed by atoms with van der Waals surface area (Å²) in [7, 11) is 0. The summed E-state index contributed by atoms with van der Waals surface area (Å²) in [4.78, 5) is 23.3. The molecular weight excluding hydrogens is 290 g/mol. The first-order valence-corrected chi connectivity index (χ1v) is 7.40. The Balaban J connectivity index is 2.10. The van der Waals surface area contributed by atoms with E-state index in [1.165, 1.54) is 0 Å². The first-order chi connectivity index (χ1) is 11.1. The van der Waals surface area contributed by atoms with Crippen molar-refractivity contribution in [1.82, 2.24) is 5.32 Å². The maximum Gasteiger partial charge on any atom is 0.255 e. The van der Waals surface area contributed by atoms with E-state index in [0.717, 1.165) is 16.9 Å². The van der Waals surface area contributed by atoms with E-state index in [1.54, 1.807) is 18.2 Å². The third-order valence-corrected chi connectivity index (χ3v) is 3.21. The lowest BCUT2D eigenvalue weighted by Crippen LogP contribution is -2.23. The zero-order valence-corrected chi connectivity index (χ0v) is 13.2. The Morgan fingerprint density at radius 3 is 2.30 bits per heavy atom. The highest BCUT2D eigenvalue weighted by Crippen LogP contribution is 2.14. The van der Waals surface area contributed by atoms with E-state index in [9.17, 15) is 9.59 Å². The third-order valence-electron chi connectivity index (χ3n) is 3.21. The summed E-state index contributed by atoms with van der Waals surface area (Å²) in [6.45, 7) is 4.46. The van der Waals surface area contributed by atoms with Crippen LogP contribution < -0.4 is 10.1 Å². The van der Waals surface area contributed by atoms with E-state index >= 15 is 0 Å². The summed E-state index contributed by atoms with van der Waals surface area (Å²) < 4.78 is 5.36. The summed E-state index contributed by atoms with van der Waals surface area (Å²) in [5.41, 5.74) is 2.59. The van der Waals surface area contributed by atoms with E-state index < -0.39 is 0 Å². The number of hydrogen-bond acceptors (Lipinski definition) is 3. The van der Waals surface area contributed by atoms with Crippen LogP contribution in [-0.4, -0.2) is 18.8 Å². The van der Waals surface area contributed by atoms with Gasteiger partial charge in [0.1, 0.15) is 5.75 Å². The number of carbonyl (C=O) groups excluding carboxylic acids is 2. The first kappa shape index (κ1) is 16.5. The number of allylic oxidation sites excluding steroid dienone is 1. The molecule has 1 N–H and O–H groups in total. The van der Waals surface area contributed by atoms with Crippen molar-refractivity contribution < 1.29 is 14.3 Å². The number of rotatable bonds is 6.